The van der Waals surface area contributed by atoms with Crippen molar-refractivity contribution in [3.63, 3.8) is 0 Å². The summed E-state index contributed by atoms with van der Waals surface area (Å²) in [6.45, 7) is 13.3. The number of hydrogen-bond donors (Lipinski definition) is 2. The molecule has 0 saturated heterocycles. The van der Waals surface area contributed by atoms with Gasteiger partial charge in [0.25, 0.3) is 0 Å². The highest BCUT2D eigenvalue weighted by Crippen LogP contribution is 2.32. The lowest BCUT2D eigenvalue weighted by Gasteiger charge is -2.20. The van der Waals surface area contributed by atoms with Crippen LogP contribution in [0.1, 0.15) is 63.1 Å². The highest BCUT2D eigenvalue weighted by Gasteiger charge is 2.20. The van der Waals surface area contributed by atoms with E-state index in [1.54, 1.807) is 4.90 Å². The van der Waals surface area contributed by atoms with Gasteiger partial charge >= 0.3 is 0 Å². The molecule has 0 amide bonds. The Balaban J connectivity index is 2.06. The van der Waals surface area contributed by atoms with Gasteiger partial charge in [-0.05, 0) is 56.9 Å². The second-order valence-electron chi connectivity index (χ2n) is 8.14. The van der Waals surface area contributed by atoms with Crippen molar-refractivity contribution in [2.75, 3.05) is 31.5 Å². The van der Waals surface area contributed by atoms with Crippen molar-refractivity contribution in [2.45, 2.75) is 59.8 Å². The number of anilines is 1. The molecule has 5 nitrogen and oxygen atoms in total. The van der Waals surface area contributed by atoms with Crippen LogP contribution in [0.2, 0.25) is 0 Å². The fourth-order valence-electron chi connectivity index (χ4n) is 4.38. The summed E-state index contributed by atoms with van der Waals surface area (Å²) in [6, 6.07) is 10.6. The van der Waals surface area contributed by atoms with E-state index in [0.29, 0.717) is 5.56 Å². The molecule has 0 fully saturated rings. The third-order valence-electron chi connectivity index (χ3n) is 6.26. The molecule has 0 unspecified atom stereocenters. The van der Waals surface area contributed by atoms with Gasteiger partial charge < -0.3 is 10.2 Å². The van der Waals surface area contributed by atoms with E-state index in [9.17, 15) is 5.26 Å². The average molecular weight is 407 g/mol. The van der Waals surface area contributed by atoms with Crippen molar-refractivity contribution in [1.82, 2.24) is 9.38 Å². The van der Waals surface area contributed by atoms with E-state index in [1.807, 2.05) is 18.2 Å². The van der Waals surface area contributed by atoms with Crippen LogP contribution in [-0.4, -0.2) is 35.6 Å². The lowest BCUT2D eigenvalue weighted by atomic mass is 9.99. The Bertz CT molecular complexity index is 1020. The number of para-hydroxylation sites is 2. The van der Waals surface area contributed by atoms with Crippen LogP contribution in [0.3, 0.4) is 0 Å². The molecule has 0 spiro atoms. The molecule has 0 saturated carbocycles. The van der Waals surface area contributed by atoms with E-state index in [-0.39, 0.29) is 0 Å². The van der Waals surface area contributed by atoms with E-state index >= 15 is 0 Å². The fourth-order valence-corrected chi connectivity index (χ4v) is 4.38. The first-order chi connectivity index (χ1) is 14.7. The number of imidazole rings is 1. The van der Waals surface area contributed by atoms with Crippen LogP contribution in [0.15, 0.2) is 24.3 Å². The molecule has 160 valence electrons. The largest absolute Gasteiger partial charge is 0.371 e. The van der Waals surface area contributed by atoms with Crippen LogP contribution in [-0.2, 0) is 6.42 Å². The first-order valence-electron chi connectivity index (χ1n) is 11.6. The van der Waals surface area contributed by atoms with Crippen LogP contribution < -0.4 is 10.2 Å². The Morgan fingerprint density at radius 3 is 2.57 bits per heavy atom. The summed E-state index contributed by atoms with van der Waals surface area (Å²) in [7, 11) is 0. The molecule has 2 N–H and O–H groups in total. The highest BCUT2D eigenvalue weighted by molar-refractivity contribution is 5.86. The number of quaternary nitrogens is 1. The maximum atomic E-state index is 9.93. The van der Waals surface area contributed by atoms with Gasteiger partial charge in [0, 0.05) is 13.0 Å². The van der Waals surface area contributed by atoms with E-state index in [4.69, 9.17) is 4.98 Å². The molecular formula is C25H36N5+. The Kier molecular flexibility index (Phi) is 7.70. The van der Waals surface area contributed by atoms with Gasteiger partial charge in [-0.2, -0.15) is 5.26 Å². The third kappa shape index (κ3) is 4.44. The normalized spacial score (nSPS) is 11.5. The number of rotatable bonds is 11. The number of nitriles is 1. The lowest BCUT2D eigenvalue weighted by molar-refractivity contribution is -0.896. The van der Waals surface area contributed by atoms with Gasteiger partial charge in [0.2, 0.25) is 0 Å². The maximum Gasteiger partial charge on any atom is 0.157 e. The minimum Gasteiger partial charge on any atom is -0.371 e. The summed E-state index contributed by atoms with van der Waals surface area (Å²) in [5.41, 5.74) is 5.83. The van der Waals surface area contributed by atoms with E-state index in [0.717, 1.165) is 53.9 Å². The van der Waals surface area contributed by atoms with Crippen LogP contribution in [0, 0.1) is 18.3 Å². The summed E-state index contributed by atoms with van der Waals surface area (Å²) in [5.74, 6) is 1.13. The second kappa shape index (κ2) is 10.4. The van der Waals surface area contributed by atoms with Crippen molar-refractivity contribution in [1.29, 1.82) is 5.26 Å². The lowest BCUT2D eigenvalue weighted by Crippen LogP contribution is -3.11. The van der Waals surface area contributed by atoms with Crippen LogP contribution in [0.4, 0.5) is 5.82 Å². The van der Waals surface area contributed by atoms with Gasteiger partial charge in [-0.15, -0.1) is 0 Å². The monoisotopic (exact) mass is 406 g/mol. The maximum absolute atomic E-state index is 9.93. The Morgan fingerprint density at radius 2 is 1.87 bits per heavy atom. The predicted octanol–water partition coefficient (Wildman–Crippen LogP) is 4.13. The molecule has 0 bridgehead atoms. The zero-order valence-corrected chi connectivity index (χ0v) is 19.0. The van der Waals surface area contributed by atoms with Gasteiger partial charge in [-0.1, -0.05) is 31.9 Å². The number of unbranched alkanes of at least 4 members (excludes halogenated alkanes) is 2. The number of benzene rings is 1. The highest BCUT2D eigenvalue weighted by atomic mass is 15.1. The van der Waals surface area contributed by atoms with Crippen molar-refractivity contribution in [3.05, 3.63) is 41.0 Å². The van der Waals surface area contributed by atoms with Gasteiger partial charge in [0.1, 0.15) is 11.9 Å². The van der Waals surface area contributed by atoms with Crippen molar-refractivity contribution >= 4 is 22.5 Å². The first-order valence-corrected chi connectivity index (χ1v) is 11.6. The van der Waals surface area contributed by atoms with Crippen molar-refractivity contribution < 1.29 is 4.90 Å². The third-order valence-corrected chi connectivity index (χ3v) is 6.26. The van der Waals surface area contributed by atoms with Crippen molar-refractivity contribution in [3.8, 4) is 6.07 Å². The fraction of sp³-hybridized carbons (Fsp3) is 0.520. The van der Waals surface area contributed by atoms with E-state index < -0.39 is 0 Å². The zero-order valence-electron chi connectivity index (χ0n) is 19.0. The summed E-state index contributed by atoms with van der Waals surface area (Å²) >= 11 is 0. The molecule has 0 atom stereocenters. The minimum atomic E-state index is 0.704. The van der Waals surface area contributed by atoms with E-state index in [1.165, 1.54) is 38.0 Å². The molecule has 0 aliphatic heterocycles. The van der Waals surface area contributed by atoms with Crippen LogP contribution in [0.25, 0.3) is 16.7 Å². The standard InChI is InChI=1S/C25H35N5/c1-5-8-9-13-20-19(4)21(18-26)25-28-22-14-10-11-15-23(22)30(25)24(20)27-16-12-17-29(6-2)7-3/h10-11,14-15,27H,5-9,12-13,16-17H2,1-4H3/p+1. The van der Waals surface area contributed by atoms with Crippen LogP contribution in [0.5, 0.6) is 0 Å². The van der Waals surface area contributed by atoms with Gasteiger partial charge in [0.05, 0.1) is 36.2 Å². The first kappa shape index (κ1) is 22.1. The number of fused-ring (bicyclic) bond motifs is 3. The summed E-state index contributed by atoms with van der Waals surface area (Å²) in [4.78, 5) is 6.46. The summed E-state index contributed by atoms with van der Waals surface area (Å²) in [5, 5.41) is 13.7. The molecule has 3 aromatic rings. The predicted molar refractivity (Wildman–Crippen MR) is 125 cm³/mol. The summed E-state index contributed by atoms with van der Waals surface area (Å²) in [6.07, 6.45) is 5.64. The number of pyridine rings is 1. The molecule has 2 aromatic heterocycles. The Hall–Kier alpha value is -2.58. The molecule has 3 rings (SSSR count). The Morgan fingerprint density at radius 1 is 1.10 bits per heavy atom. The topological polar surface area (TPSA) is 57.6 Å². The zero-order chi connectivity index (χ0) is 21.5. The van der Waals surface area contributed by atoms with Gasteiger partial charge in [0.15, 0.2) is 5.65 Å². The second-order valence-corrected chi connectivity index (χ2v) is 8.14. The van der Waals surface area contributed by atoms with Gasteiger partial charge in [-0.25, -0.2) is 4.98 Å². The molecule has 1 aromatic carbocycles. The molecular weight excluding hydrogens is 370 g/mol. The molecule has 5 heteroatoms. The smallest absolute Gasteiger partial charge is 0.157 e. The van der Waals surface area contributed by atoms with Crippen LogP contribution >= 0.6 is 0 Å². The summed E-state index contributed by atoms with van der Waals surface area (Å²) < 4.78 is 2.19. The molecule has 2 heterocycles. The van der Waals surface area contributed by atoms with Crippen molar-refractivity contribution in [2.24, 2.45) is 0 Å². The number of aromatic nitrogens is 2. The molecule has 0 aliphatic rings. The quantitative estimate of drug-likeness (QED) is 0.471. The molecule has 0 aliphatic carbocycles. The van der Waals surface area contributed by atoms with Gasteiger partial charge in [-0.3, -0.25) is 4.40 Å². The minimum absolute atomic E-state index is 0.704. The SMILES string of the molecule is CCCCCc1c(C)c(C#N)c2nc3ccccc3n2c1NCCC[NH+](CC)CC. The number of nitrogens with zero attached hydrogens (tertiary/aromatic N) is 3. The average Bonchev–Trinajstić information content (AvgIpc) is 3.14. The molecule has 0 radical (unpaired) electrons. The number of hydrogen-bond acceptors (Lipinski definition) is 3. The number of nitrogens with one attached hydrogen (secondary N) is 2. The Labute approximate surface area is 180 Å². The van der Waals surface area contributed by atoms with E-state index in [2.05, 4.69) is 49.5 Å². The molecule has 30 heavy (non-hydrogen) atoms.